The van der Waals surface area contributed by atoms with Gasteiger partial charge in [-0.1, -0.05) is 36.8 Å². The lowest BCUT2D eigenvalue weighted by molar-refractivity contribution is -0.155. The van der Waals surface area contributed by atoms with Gasteiger partial charge < -0.3 is 14.7 Å². The van der Waals surface area contributed by atoms with Crippen LogP contribution in [0.1, 0.15) is 38.2 Å². The molecule has 6 heteroatoms. The molecule has 6 nitrogen and oxygen atoms in total. The van der Waals surface area contributed by atoms with Crippen molar-refractivity contribution in [3.63, 3.8) is 0 Å². The Labute approximate surface area is 159 Å². The molecule has 2 aromatic rings. The van der Waals surface area contributed by atoms with Crippen LogP contribution in [0.3, 0.4) is 0 Å². The number of benzene rings is 2. The van der Waals surface area contributed by atoms with Crippen LogP contribution in [0, 0.1) is 0 Å². The van der Waals surface area contributed by atoms with Crippen LogP contribution in [-0.4, -0.2) is 28.6 Å². The summed E-state index contributed by atoms with van der Waals surface area (Å²) in [6, 6.07) is 17.0. The number of rotatable bonds is 11. The highest BCUT2D eigenvalue weighted by Gasteiger charge is 2.11. The fraction of sp³-hybridized carbons (Fsp3) is 0.333. The third-order valence-electron chi connectivity index (χ3n) is 3.89. The molecule has 2 aromatic carbocycles. The Balaban J connectivity index is 1.79. The van der Waals surface area contributed by atoms with Crippen LogP contribution in [0.2, 0.25) is 0 Å². The van der Waals surface area contributed by atoms with Crippen molar-refractivity contribution < 1.29 is 24.3 Å². The molecule has 0 aliphatic carbocycles. The molecule has 144 valence electrons. The molecule has 1 N–H and O–H groups in total. The Bertz CT molecular complexity index is 715. The van der Waals surface area contributed by atoms with E-state index >= 15 is 0 Å². The van der Waals surface area contributed by atoms with E-state index < -0.39 is 5.97 Å². The number of nitrogens with zero attached hydrogens (tertiary/aromatic N) is 1. The molecule has 0 saturated carbocycles. The van der Waals surface area contributed by atoms with E-state index in [9.17, 15) is 9.59 Å². The Kier molecular flexibility index (Phi) is 8.16. The number of unbranched alkanes of at least 4 members (excludes halogenated alkanes) is 2. The number of ether oxygens (including phenoxy) is 1. The zero-order valence-corrected chi connectivity index (χ0v) is 15.5. The summed E-state index contributed by atoms with van der Waals surface area (Å²) in [5.74, 6) is 0.263. The quantitative estimate of drug-likeness (QED) is 0.476. The Morgan fingerprint density at radius 3 is 2.22 bits per heavy atom. The molecule has 0 saturated heterocycles. The van der Waals surface area contributed by atoms with E-state index in [2.05, 4.69) is 0 Å². The molecular formula is C21H25NO5. The largest absolute Gasteiger partial charge is 0.489 e. The maximum Gasteiger partial charge on any atom is 0.303 e. The predicted octanol–water partition coefficient (Wildman–Crippen LogP) is 4.05. The van der Waals surface area contributed by atoms with E-state index in [-0.39, 0.29) is 12.3 Å². The number of carboxylic acid groups (broad SMARTS) is 1. The highest BCUT2D eigenvalue weighted by Crippen LogP contribution is 2.20. The Morgan fingerprint density at radius 2 is 1.59 bits per heavy atom. The van der Waals surface area contributed by atoms with Crippen LogP contribution in [0.15, 0.2) is 54.6 Å². The summed E-state index contributed by atoms with van der Waals surface area (Å²) in [4.78, 5) is 27.9. The minimum atomic E-state index is -0.802. The van der Waals surface area contributed by atoms with Crippen LogP contribution in [0.4, 0.5) is 0 Å². The second-order valence-corrected chi connectivity index (χ2v) is 6.16. The molecule has 0 heterocycles. The third kappa shape index (κ3) is 7.81. The lowest BCUT2D eigenvalue weighted by atomic mass is 10.2. The fourth-order valence-electron chi connectivity index (χ4n) is 2.44. The average molecular weight is 371 g/mol. The van der Waals surface area contributed by atoms with Crippen LogP contribution in [0.25, 0.3) is 0 Å². The topological polar surface area (TPSA) is 76.1 Å². The van der Waals surface area contributed by atoms with E-state index in [1.807, 2.05) is 30.3 Å². The number of hydrogen-bond acceptors (Lipinski definition) is 4. The van der Waals surface area contributed by atoms with Gasteiger partial charge in [0.25, 0.3) is 5.91 Å². The second kappa shape index (κ2) is 10.9. The predicted molar refractivity (Wildman–Crippen MR) is 101 cm³/mol. The van der Waals surface area contributed by atoms with E-state index in [4.69, 9.17) is 14.7 Å². The molecule has 27 heavy (non-hydrogen) atoms. The molecule has 0 aromatic heterocycles. The first-order valence-corrected chi connectivity index (χ1v) is 8.99. The van der Waals surface area contributed by atoms with Gasteiger partial charge >= 0.3 is 5.97 Å². The summed E-state index contributed by atoms with van der Waals surface area (Å²) in [5.41, 5.74) is 1.09. The zero-order chi connectivity index (χ0) is 19.5. The molecule has 1 amide bonds. The highest BCUT2D eigenvalue weighted by atomic mass is 16.7. The average Bonchev–Trinajstić information content (AvgIpc) is 2.66. The van der Waals surface area contributed by atoms with Gasteiger partial charge in [-0.3, -0.25) is 9.59 Å². The molecule has 0 unspecified atom stereocenters. The second-order valence-electron chi connectivity index (χ2n) is 6.16. The Hall–Kier alpha value is -3.02. The van der Waals surface area contributed by atoms with Gasteiger partial charge in [0.1, 0.15) is 12.4 Å². The normalized spacial score (nSPS) is 10.3. The van der Waals surface area contributed by atoms with E-state index in [1.165, 1.54) is 12.0 Å². The molecule has 0 bridgehead atoms. The Morgan fingerprint density at radius 1 is 0.926 bits per heavy atom. The summed E-state index contributed by atoms with van der Waals surface area (Å²) < 4.78 is 5.73. The highest BCUT2D eigenvalue weighted by molar-refractivity contribution is 5.72. The van der Waals surface area contributed by atoms with E-state index in [0.29, 0.717) is 37.5 Å². The molecular weight excluding hydrogens is 346 g/mol. The summed E-state index contributed by atoms with van der Waals surface area (Å²) >= 11 is 0. The van der Waals surface area contributed by atoms with Crippen LogP contribution >= 0.6 is 0 Å². The molecule has 0 aliphatic rings. The number of carboxylic acids is 1. The van der Waals surface area contributed by atoms with Gasteiger partial charge in [-0.25, -0.2) is 0 Å². The van der Waals surface area contributed by atoms with Gasteiger partial charge in [0.05, 0.1) is 6.54 Å². The first kappa shape index (κ1) is 20.3. The maximum absolute atomic E-state index is 11.7. The summed E-state index contributed by atoms with van der Waals surface area (Å²) in [5, 5.41) is 9.92. The third-order valence-corrected chi connectivity index (χ3v) is 3.89. The standard InChI is InChI=1S/C21H25NO5/c1-17(23)22(15-7-3-6-10-21(24)25)27-20-13-11-19(12-14-20)26-16-18-8-4-2-5-9-18/h2,4-5,8-9,11-14H,3,6-7,10,15-16H2,1H3,(H,24,25). The number of carbonyl (C=O) groups excluding carboxylic acids is 1. The summed E-state index contributed by atoms with van der Waals surface area (Å²) in [7, 11) is 0. The minimum Gasteiger partial charge on any atom is -0.489 e. The van der Waals surface area contributed by atoms with Gasteiger partial charge in [-0.05, 0) is 42.7 Å². The van der Waals surface area contributed by atoms with Crippen molar-refractivity contribution >= 4 is 11.9 Å². The van der Waals surface area contributed by atoms with Gasteiger partial charge in [0.2, 0.25) is 0 Å². The first-order valence-electron chi connectivity index (χ1n) is 8.99. The first-order chi connectivity index (χ1) is 13.0. The van der Waals surface area contributed by atoms with Gasteiger partial charge in [-0.2, -0.15) is 5.06 Å². The van der Waals surface area contributed by atoms with Crippen LogP contribution in [-0.2, 0) is 16.2 Å². The van der Waals surface area contributed by atoms with Crippen molar-refractivity contribution in [3.05, 3.63) is 60.2 Å². The minimum absolute atomic E-state index is 0.144. The van der Waals surface area contributed by atoms with Crippen molar-refractivity contribution in [1.29, 1.82) is 0 Å². The zero-order valence-electron chi connectivity index (χ0n) is 15.5. The van der Waals surface area contributed by atoms with Crippen molar-refractivity contribution in [2.45, 2.75) is 39.2 Å². The van der Waals surface area contributed by atoms with Gasteiger partial charge in [-0.15, -0.1) is 0 Å². The summed E-state index contributed by atoms with van der Waals surface area (Å²) in [6.45, 7) is 2.34. The van der Waals surface area contributed by atoms with Crippen LogP contribution in [0.5, 0.6) is 11.5 Å². The maximum atomic E-state index is 11.7. The molecule has 0 atom stereocenters. The lowest BCUT2D eigenvalue weighted by Crippen LogP contribution is -2.33. The number of amides is 1. The SMILES string of the molecule is CC(=O)N(CCCCCC(=O)O)Oc1ccc(OCc2ccccc2)cc1. The lowest BCUT2D eigenvalue weighted by Gasteiger charge is -2.21. The molecule has 0 aliphatic heterocycles. The molecule has 0 fully saturated rings. The van der Waals surface area contributed by atoms with Crippen LogP contribution < -0.4 is 9.57 Å². The number of hydroxylamine groups is 2. The van der Waals surface area contributed by atoms with Crippen molar-refractivity contribution in [3.8, 4) is 11.5 Å². The number of aliphatic carboxylic acids is 1. The fourth-order valence-corrected chi connectivity index (χ4v) is 2.44. The summed E-state index contributed by atoms with van der Waals surface area (Å²) in [6.07, 6.45) is 2.15. The van der Waals surface area contributed by atoms with Crippen molar-refractivity contribution in [1.82, 2.24) is 5.06 Å². The van der Waals surface area contributed by atoms with E-state index in [1.54, 1.807) is 24.3 Å². The van der Waals surface area contributed by atoms with Gasteiger partial charge in [0.15, 0.2) is 5.75 Å². The van der Waals surface area contributed by atoms with Crippen molar-refractivity contribution in [2.24, 2.45) is 0 Å². The monoisotopic (exact) mass is 371 g/mol. The molecule has 2 rings (SSSR count). The van der Waals surface area contributed by atoms with E-state index in [0.717, 1.165) is 12.0 Å². The number of hydrogen-bond donors (Lipinski definition) is 1. The smallest absolute Gasteiger partial charge is 0.303 e. The van der Waals surface area contributed by atoms with Gasteiger partial charge in [0, 0.05) is 13.3 Å². The molecule has 0 radical (unpaired) electrons. The number of carbonyl (C=O) groups is 2. The molecule has 0 spiro atoms. The van der Waals surface area contributed by atoms with Crippen molar-refractivity contribution in [2.75, 3.05) is 6.54 Å².